The number of anilines is 1. The third-order valence-electron chi connectivity index (χ3n) is 3.30. The van der Waals surface area contributed by atoms with Gasteiger partial charge in [-0.25, -0.2) is 0 Å². The van der Waals surface area contributed by atoms with Gasteiger partial charge in [-0.15, -0.1) is 0 Å². The Balaban J connectivity index is 1.98. The van der Waals surface area contributed by atoms with Crippen molar-refractivity contribution < 1.29 is 23.1 Å². The molecule has 0 fully saturated rings. The summed E-state index contributed by atoms with van der Waals surface area (Å²) in [4.78, 5) is 11.8. The van der Waals surface area contributed by atoms with E-state index in [-0.39, 0.29) is 19.1 Å². The summed E-state index contributed by atoms with van der Waals surface area (Å²) in [5, 5.41) is 14.3. The standard InChI is InChI=1S/C17H17F3N2O2/c18-17(19,20)14-6-4-12(5-7-14)11-22-15-3-1-2-13(10-15)16(24)21-8-9-23/h1-7,10,22-23H,8-9,11H2,(H,21,24). The smallest absolute Gasteiger partial charge is 0.395 e. The van der Waals surface area contributed by atoms with E-state index in [1.165, 1.54) is 12.1 Å². The van der Waals surface area contributed by atoms with Gasteiger partial charge in [0.1, 0.15) is 0 Å². The highest BCUT2D eigenvalue weighted by molar-refractivity contribution is 5.95. The highest BCUT2D eigenvalue weighted by Gasteiger charge is 2.29. The predicted molar refractivity (Wildman–Crippen MR) is 84.6 cm³/mol. The molecule has 1 amide bonds. The van der Waals surface area contributed by atoms with Crippen LogP contribution in [0.15, 0.2) is 48.5 Å². The minimum Gasteiger partial charge on any atom is -0.395 e. The largest absolute Gasteiger partial charge is 0.416 e. The van der Waals surface area contributed by atoms with Gasteiger partial charge >= 0.3 is 6.18 Å². The molecule has 2 aromatic rings. The van der Waals surface area contributed by atoms with Gasteiger partial charge in [0.05, 0.1) is 12.2 Å². The molecule has 0 radical (unpaired) electrons. The molecular weight excluding hydrogens is 321 g/mol. The van der Waals surface area contributed by atoms with Crippen molar-refractivity contribution in [2.45, 2.75) is 12.7 Å². The summed E-state index contributed by atoms with van der Waals surface area (Å²) < 4.78 is 37.5. The van der Waals surface area contributed by atoms with E-state index in [1.54, 1.807) is 24.3 Å². The molecule has 0 bridgehead atoms. The lowest BCUT2D eigenvalue weighted by atomic mass is 10.1. The molecule has 0 saturated carbocycles. The number of rotatable bonds is 6. The molecule has 0 atom stereocenters. The maximum atomic E-state index is 12.5. The lowest BCUT2D eigenvalue weighted by Gasteiger charge is -2.10. The molecule has 0 aliphatic carbocycles. The van der Waals surface area contributed by atoms with Crippen LogP contribution in [0.4, 0.5) is 18.9 Å². The van der Waals surface area contributed by atoms with Gasteiger partial charge in [0, 0.05) is 24.3 Å². The summed E-state index contributed by atoms with van der Waals surface area (Å²) >= 11 is 0. The van der Waals surface area contributed by atoms with Gasteiger partial charge in [0.25, 0.3) is 5.91 Å². The first kappa shape index (κ1) is 17.8. The van der Waals surface area contributed by atoms with E-state index in [0.717, 1.165) is 12.1 Å². The third-order valence-corrected chi connectivity index (χ3v) is 3.30. The van der Waals surface area contributed by atoms with Crippen LogP contribution in [0.25, 0.3) is 0 Å². The molecule has 2 rings (SSSR count). The molecule has 0 unspecified atom stereocenters. The number of halogens is 3. The van der Waals surface area contributed by atoms with E-state index >= 15 is 0 Å². The summed E-state index contributed by atoms with van der Waals surface area (Å²) in [6, 6.07) is 11.6. The second kappa shape index (κ2) is 7.83. The highest BCUT2D eigenvalue weighted by atomic mass is 19.4. The van der Waals surface area contributed by atoms with Crippen LogP contribution in [0.2, 0.25) is 0 Å². The topological polar surface area (TPSA) is 61.4 Å². The van der Waals surface area contributed by atoms with Gasteiger partial charge in [-0.2, -0.15) is 13.2 Å². The Morgan fingerprint density at radius 1 is 1.08 bits per heavy atom. The second-order valence-electron chi connectivity index (χ2n) is 5.11. The molecule has 24 heavy (non-hydrogen) atoms. The Morgan fingerprint density at radius 2 is 1.79 bits per heavy atom. The third kappa shape index (κ3) is 4.99. The van der Waals surface area contributed by atoms with Crippen LogP contribution in [0.1, 0.15) is 21.5 Å². The summed E-state index contributed by atoms with van der Waals surface area (Å²) in [7, 11) is 0. The van der Waals surface area contributed by atoms with Gasteiger partial charge in [0.2, 0.25) is 0 Å². The zero-order chi connectivity index (χ0) is 17.6. The van der Waals surface area contributed by atoms with Crippen LogP contribution in [-0.2, 0) is 12.7 Å². The molecule has 0 aliphatic rings. The normalized spacial score (nSPS) is 11.2. The van der Waals surface area contributed by atoms with Crippen molar-refractivity contribution in [3.63, 3.8) is 0 Å². The van der Waals surface area contributed by atoms with Crippen molar-refractivity contribution in [3.05, 3.63) is 65.2 Å². The number of hydrogen-bond donors (Lipinski definition) is 3. The van der Waals surface area contributed by atoms with E-state index in [9.17, 15) is 18.0 Å². The fourth-order valence-electron chi connectivity index (χ4n) is 2.06. The zero-order valence-electron chi connectivity index (χ0n) is 12.7. The fraction of sp³-hybridized carbons (Fsp3) is 0.235. The number of hydrogen-bond acceptors (Lipinski definition) is 3. The molecule has 2 aromatic carbocycles. The van der Waals surface area contributed by atoms with Crippen LogP contribution in [0.3, 0.4) is 0 Å². The van der Waals surface area contributed by atoms with Crippen molar-refractivity contribution in [1.82, 2.24) is 5.32 Å². The zero-order valence-corrected chi connectivity index (χ0v) is 12.7. The molecule has 0 heterocycles. The van der Waals surface area contributed by atoms with Gasteiger partial charge in [-0.05, 0) is 35.9 Å². The summed E-state index contributed by atoms with van der Waals surface area (Å²) in [6.07, 6.45) is -4.35. The van der Waals surface area contributed by atoms with E-state index in [2.05, 4.69) is 10.6 Å². The Labute approximate surface area is 137 Å². The van der Waals surface area contributed by atoms with Crippen LogP contribution in [-0.4, -0.2) is 24.2 Å². The Kier molecular flexibility index (Phi) is 5.81. The maximum absolute atomic E-state index is 12.5. The summed E-state index contributed by atoms with van der Waals surface area (Å²) in [5.41, 5.74) is 1.11. The minimum absolute atomic E-state index is 0.141. The molecule has 0 saturated heterocycles. The SMILES string of the molecule is O=C(NCCO)c1cccc(NCc2ccc(C(F)(F)F)cc2)c1. The molecule has 128 valence electrons. The number of aliphatic hydroxyl groups excluding tert-OH is 1. The van der Waals surface area contributed by atoms with Crippen molar-refractivity contribution in [2.75, 3.05) is 18.5 Å². The van der Waals surface area contributed by atoms with Crippen molar-refractivity contribution in [3.8, 4) is 0 Å². The van der Waals surface area contributed by atoms with Crippen molar-refractivity contribution >= 4 is 11.6 Å². The van der Waals surface area contributed by atoms with Crippen LogP contribution >= 0.6 is 0 Å². The second-order valence-corrected chi connectivity index (χ2v) is 5.11. The number of benzene rings is 2. The Hall–Kier alpha value is -2.54. The quantitative estimate of drug-likeness (QED) is 0.759. The number of alkyl halides is 3. The minimum atomic E-state index is -4.35. The van der Waals surface area contributed by atoms with Gasteiger partial charge < -0.3 is 15.7 Å². The number of aliphatic hydroxyl groups is 1. The summed E-state index contributed by atoms with van der Waals surface area (Å²) in [5.74, 6) is -0.303. The number of nitrogens with one attached hydrogen (secondary N) is 2. The van der Waals surface area contributed by atoms with E-state index in [0.29, 0.717) is 23.4 Å². The molecule has 7 heteroatoms. The van der Waals surface area contributed by atoms with Gasteiger partial charge in [-0.1, -0.05) is 18.2 Å². The summed E-state index contributed by atoms with van der Waals surface area (Å²) in [6.45, 7) is 0.361. The lowest BCUT2D eigenvalue weighted by molar-refractivity contribution is -0.137. The Bertz CT molecular complexity index is 685. The van der Waals surface area contributed by atoms with Crippen LogP contribution in [0.5, 0.6) is 0 Å². The van der Waals surface area contributed by atoms with E-state index in [4.69, 9.17) is 5.11 Å². The maximum Gasteiger partial charge on any atom is 0.416 e. The predicted octanol–water partition coefficient (Wildman–Crippen LogP) is 3.04. The molecule has 0 aromatic heterocycles. The molecule has 3 N–H and O–H groups in total. The monoisotopic (exact) mass is 338 g/mol. The average molecular weight is 338 g/mol. The highest BCUT2D eigenvalue weighted by Crippen LogP contribution is 2.29. The van der Waals surface area contributed by atoms with E-state index in [1.807, 2.05) is 0 Å². The van der Waals surface area contributed by atoms with Crippen molar-refractivity contribution in [2.24, 2.45) is 0 Å². The van der Waals surface area contributed by atoms with Crippen LogP contribution < -0.4 is 10.6 Å². The number of carbonyl (C=O) groups is 1. The lowest BCUT2D eigenvalue weighted by Crippen LogP contribution is -2.26. The average Bonchev–Trinajstić information content (AvgIpc) is 2.57. The molecule has 0 aliphatic heterocycles. The number of amides is 1. The van der Waals surface area contributed by atoms with Crippen LogP contribution in [0, 0.1) is 0 Å². The van der Waals surface area contributed by atoms with E-state index < -0.39 is 11.7 Å². The first-order chi connectivity index (χ1) is 11.4. The van der Waals surface area contributed by atoms with Gasteiger partial charge in [0.15, 0.2) is 0 Å². The first-order valence-corrected chi connectivity index (χ1v) is 7.29. The Morgan fingerprint density at radius 3 is 2.42 bits per heavy atom. The fourth-order valence-corrected chi connectivity index (χ4v) is 2.06. The molecular formula is C17H17F3N2O2. The molecule has 4 nitrogen and oxygen atoms in total. The van der Waals surface area contributed by atoms with Crippen molar-refractivity contribution in [1.29, 1.82) is 0 Å². The first-order valence-electron chi connectivity index (χ1n) is 7.29. The molecule has 0 spiro atoms. The van der Waals surface area contributed by atoms with Gasteiger partial charge in [-0.3, -0.25) is 4.79 Å². The number of carbonyl (C=O) groups excluding carboxylic acids is 1.